The highest BCUT2D eigenvalue weighted by molar-refractivity contribution is 5.95. The first-order valence-electron chi connectivity index (χ1n) is 6.79. The Balaban J connectivity index is 2.45. The van der Waals surface area contributed by atoms with E-state index in [0.717, 1.165) is 4.90 Å². The molecule has 0 atom stereocenters. The first kappa shape index (κ1) is 18.0. The summed E-state index contributed by atoms with van der Waals surface area (Å²) in [5.74, 6) is -0.169. The molecule has 0 saturated heterocycles. The molecule has 1 aromatic rings. The quantitative estimate of drug-likeness (QED) is 0.726. The number of benzene rings is 1. The van der Waals surface area contributed by atoms with Gasteiger partial charge in [0, 0.05) is 25.6 Å². The molecule has 0 aliphatic heterocycles. The van der Waals surface area contributed by atoms with Crippen molar-refractivity contribution in [3.8, 4) is 5.75 Å². The van der Waals surface area contributed by atoms with Gasteiger partial charge in [-0.05, 0) is 24.3 Å². The fraction of sp³-hybridized carbons (Fsp3) is 0.467. The van der Waals surface area contributed by atoms with Gasteiger partial charge in [0.2, 0.25) is 0 Å². The monoisotopic (exact) mass is 317 g/mol. The SMILES string of the molecule is CCC(=O)c1ccc(OCC(=O)N(C)CCC(F)(F)F)cc1. The number of rotatable bonds is 7. The molecule has 122 valence electrons. The van der Waals surface area contributed by atoms with Crippen molar-refractivity contribution in [3.63, 3.8) is 0 Å². The number of nitrogens with zero attached hydrogens (tertiary/aromatic N) is 1. The average molecular weight is 317 g/mol. The van der Waals surface area contributed by atoms with E-state index in [1.54, 1.807) is 31.2 Å². The Morgan fingerprint density at radius 2 is 1.77 bits per heavy atom. The van der Waals surface area contributed by atoms with Crippen LogP contribution in [0.2, 0.25) is 0 Å². The number of amides is 1. The zero-order valence-electron chi connectivity index (χ0n) is 12.4. The van der Waals surface area contributed by atoms with Gasteiger partial charge in [-0.3, -0.25) is 9.59 Å². The van der Waals surface area contributed by atoms with Crippen LogP contribution in [-0.2, 0) is 4.79 Å². The maximum absolute atomic E-state index is 12.1. The second-order valence-electron chi connectivity index (χ2n) is 4.77. The van der Waals surface area contributed by atoms with Gasteiger partial charge < -0.3 is 9.64 Å². The minimum atomic E-state index is -4.29. The van der Waals surface area contributed by atoms with Gasteiger partial charge >= 0.3 is 6.18 Å². The van der Waals surface area contributed by atoms with Crippen molar-refractivity contribution in [1.29, 1.82) is 0 Å². The first-order valence-corrected chi connectivity index (χ1v) is 6.79. The van der Waals surface area contributed by atoms with Crippen molar-refractivity contribution in [1.82, 2.24) is 4.90 Å². The Hall–Kier alpha value is -2.05. The van der Waals surface area contributed by atoms with Gasteiger partial charge in [-0.2, -0.15) is 13.2 Å². The minimum absolute atomic E-state index is 0.00508. The van der Waals surface area contributed by atoms with Gasteiger partial charge in [-0.15, -0.1) is 0 Å². The van der Waals surface area contributed by atoms with E-state index < -0.39 is 25.0 Å². The van der Waals surface area contributed by atoms with E-state index in [4.69, 9.17) is 4.74 Å². The number of hydrogen-bond donors (Lipinski definition) is 0. The van der Waals surface area contributed by atoms with E-state index >= 15 is 0 Å². The first-order chi connectivity index (χ1) is 10.2. The van der Waals surface area contributed by atoms with E-state index in [0.29, 0.717) is 17.7 Å². The summed E-state index contributed by atoms with van der Waals surface area (Å²) in [7, 11) is 1.29. The number of hydrogen-bond acceptors (Lipinski definition) is 3. The molecule has 0 unspecified atom stereocenters. The molecule has 1 aromatic carbocycles. The van der Waals surface area contributed by atoms with Crippen molar-refractivity contribution in [2.75, 3.05) is 20.2 Å². The van der Waals surface area contributed by atoms with Crippen LogP contribution in [0.25, 0.3) is 0 Å². The van der Waals surface area contributed by atoms with Crippen LogP contribution >= 0.6 is 0 Å². The van der Waals surface area contributed by atoms with E-state index in [2.05, 4.69) is 0 Å². The highest BCUT2D eigenvalue weighted by Crippen LogP contribution is 2.19. The van der Waals surface area contributed by atoms with Gasteiger partial charge in [0.15, 0.2) is 12.4 Å². The molecule has 4 nitrogen and oxygen atoms in total. The van der Waals surface area contributed by atoms with Crippen molar-refractivity contribution < 1.29 is 27.5 Å². The fourth-order valence-corrected chi connectivity index (χ4v) is 1.62. The summed E-state index contributed by atoms with van der Waals surface area (Å²) in [6, 6.07) is 6.26. The number of likely N-dealkylation sites (N-methyl/N-ethyl adjacent to an activating group) is 1. The highest BCUT2D eigenvalue weighted by atomic mass is 19.4. The summed E-state index contributed by atoms with van der Waals surface area (Å²) in [5.41, 5.74) is 0.545. The van der Waals surface area contributed by atoms with Crippen molar-refractivity contribution in [2.45, 2.75) is 25.9 Å². The molecule has 22 heavy (non-hydrogen) atoms. The van der Waals surface area contributed by atoms with E-state index in [1.807, 2.05) is 0 Å². The summed E-state index contributed by atoms with van der Waals surface area (Å²) < 4.78 is 41.4. The maximum atomic E-state index is 12.1. The number of carbonyl (C=O) groups is 2. The number of halogens is 3. The Kier molecular flexibility index (Phi) is 6.39. The predicted molar refractivity (Wildman–Crippen MR) is 74.9 cm³/mol. The normalized spacial score (nSPS) is 11.1. The molecule has 1 rings (SSSR count). The zero-order chi connectivity index (χ0) is 16.8. The number of alkyl halides is 3. The number of carbonyl (C=O) groups excluding carboxylic acids is 2. The van der Waals surface area contributed by atoms with Gasteiger partial charge in [0.25, 0.3) is 5.91 Å². The number of ether oxygens (including phenoxy) is 1. The Morgan fingerprint density at radius 1 is 1.18 bits per heavy atom. The minimum Gasteiger partial charge on any atom is -0.484 e. The smallest absolute Gasteiger partial charge is 0.390 e. The lowest BCUT2D eigenvalue weighted by Gasteiger charge is -2.18. The van der Waals surface area contributed by atoms with Gasteiger partial charge in [-0.25, -0.2) is 0 Å². The Labute approximate surface area is 126 Å². The van der Waals surface area contributed by atoms with Crippen LogP contribution in [0.1, 0.15) is 30.1 Å². The van der Waals surface area contributed by atoms with Crippen LogP contribution in [0.5, 0.6) is 5.75 Å². The molecule has 0 heterocycles. The topological polar surface area (TPSA) is 46.6 Å². The number of Topliss-reactive ketones (excluding diaryl/α,β-unsaturated/α-hetero) is 1. The molecule has 0 aliphatic rings. The van der Waals surface area contributed by atoms with Crippen LogP contribution < -0.4 is 4.74 Å². The third-order valence-electron chi connectivity index (χ3n) is 3.02. The van der Waals surface area contributed by atoms with Crippen LogP contribution in [0.3, 0.4) is 0 Å². The molecule has 0 N–H and O–H groups in total. The maximum Gasteiger partial charge on any atom is 0.390 e. The van der Waals surface area contributed by atoms with Gasteiger partial charge in [0.1, 0.15) is 5.75 Å². The second-order valence-corrected chi connectivity index (χ2v) is 4.77. The average Bonchev–Trinajstić information content (AvgIpc) is 2.49. The third-order valence-corrected chi connectivity index (χ3v) is 3.02. The standard InChI is InChI=1S/C15H18F3NO3/c1-3-13(20)11-4-6-12(7-5-11)22-10-14(21)19(2)9-8-15(16,17)18/h4-7H,3,8-10H2,1-2H3. The van der Waals surface area contributed by atoms with E-state index in [1.165, 1.54) is 7.05 Å². The fourth-order valence-electron chi connectivity index (χ4n) is 1.62. The van der Waals surface area contributed by atoms with Crippen molar-refractivity contribution in [3.05, 3.63) is 29.8 Å². The van der Waals surface area contributed by atoms with Crippen LogP contribution in [0.4, 0.5) is 13.2 Å². The number of ketones is 1. The molecular formula is C15H18F3NO3. The summed E-state index contributed by atoms with van der Waals surface area (Å²) in [6.45, 7) is 0.993. The molecular weight excluding hydrogens is 299 g/mol. The van der Waals surface area contributed by atoms with Gasteiger partial charge in [-0.1, -0.05) is 6.92 Å². The van der Waals surface area contributed by atoms with E-state index in [-0.39, 0.29) is 12.4 Å². The highest BCUT2D eigenvalue weighted by Gasteiger charge is 2.28. The zero-order valence-corrected chi connectivity index (χ0v) is 12.4. The summed E-state index contributed by atoms with van der Waals surface area (Å²) in [4.78, 5) is 24.0. The summed E-state index contributed by atoms with van der Waals surface area (Å²) in [6.07, 6.45) is -4.96. The molecule has 0 bridgehead atoms. The Bertz CT molecular complexity index is 512. The summed E-state index contributed by atoms with van der Waals surface area (Å²) >= 11 is 0. The molecule has 0 aromatic heterocycles. The lowest BCUT2D eigenvalue weighted by atomic mass is 10.1. The summed E-state index contributed by atoms with van der Waals surface area (Å²) in [5, 5.41) is 0. The van der Waals surface area contributed by atoms with Crippen LogP contribution in [-0.4, -0.2) is 43.0 Å². The van der Waals surface area contributed by atoms with E-state index in [9.17, 15) is 22.8 Å². The third kappa shape index (κ3) is 6.15. The molecule has 0 spiro atoms. The molecule has 7 heteroatoms. The molecule has 0 aliphatic carbocycles. The molecule has 1 amide bonds. The second kappa shape index (κ2) is 7.82. The Morgan fingerprint density at radius 3 is 2.27 bits per heavy atom. The lowest BCUT2D eigenvalue weighted by molar-refractivity contribution is -0.145. The van der Waals surface area contributed by atoms with Crippen molar-refractivity contribution in [2.24, 2.45) is 0 Å². The molecule has 0 radical (unpaired) electrons. The lowest BCUT2D eigenvalue weighted by Crippen LogP contribution is -2.34. The molecule has 0 saturated carbocycles. The van der Waals surface area contributed by atoms with Crippen molar-refractivity contribution >= 4 is 11.7 Å². The predicted octanol–water partition coefficient (Wildman–Crippen LogP) is 3.07. The van der Waals surface area contributed by atoms with Crippen LogP contribution in [0.15, 0.2) is 24.3 Å². The molecule has 0 fully saturated rings. The van der Waals surface area contributed by atoms with Crippen LogP contribution in [0, 0.1) is 0 Å². The van der Waals surface area contributed by atoms with Gasteiger partial charge in [0.05, 0.1) is 6.42 Å². The largest absolute Gasteiger partial charge is 0.484 e.